The number of H-pyrrole nitrogens is 1. The zero-order valence-corrected chi connectivity index (χ0v) is 15.8. The molecule has 0 amide bonds. The van der Waals surface area contributed by atoms with Crippen LogP contribution < -0.4 is 10.3 Å². The molecule has 136 valence electrons. The van der Waals surface area contributed by atoms with Crippen molar-refractivity contribution in [3.63, 3.8) is 0 Å². The molecule has 5 nitrogen and oxygen atoms in total. The van der Waals surface area contributed by atoms with Crippen LogP contribution >= 0.6 is 11.8 Å². The zero-order valence-electron chi connectivity index (χ0n) is 14.9. The minimum Gasteiger partial charge on any atom is -0.494 e. The van der Waals surface area contributed by atoms with Gasteiger partial charge in [-0.05, 0) is 25.5 Å². The molecule has 0 saturated carbocycles. The number of hydrogen-bond donors (Lipinski definition) is 1. The van der Waals surface area contributed by atoms with E-state index in [-0.39, 0.29) is 5.56 Å². The quantitative estimate of drug-likeness (QED) is 0.380. The fourth-order valence-corrected chi connectivity index (χ4v) is 3.26. The Balaban J connectivity index is 1.66. The first kappa shape index (κ1) is 18.7. The number of aromatic nitrogens is 2. The average molecular weight is 377 g/mol. The summed E-state index contributed by atoms with van der Waals surface area (Å²) in [6.07, 6.45) is 0.809. The molecule has 1 N–H and O–H groups in total. The first-order valence-electron chi connectivity index (χ1n) is 8.59. The predicted octanol–water partition coefficient (Wildman–Crippen LogP) is 4.18. The van der Waals surface area contributed by atoms with Crippen LogP contribution in [-0.2, 0) is 0 Å². The van der Waals surface area contributed by atoms with E-state index in [9.17, 15) is 10.1 Å². The van der Waals surface area contributed by atoms with E-state index in [0.29, 0.717) is 17.5 Å². The third-order valence-electron chi connectivity index (χ3n) is 3.87. The second kappa shape index (κ2) is 9.06. The van der Waals surface area contributed by atoms with Gasteiger partial charge in [-0.15, -0.1) is 0 Å². The van der Waals surface area contributed by atoms with Crippen molar-refractivity contribution >= 4 is 11.8 Å². The summed E-state index contributed by atoms with van der Waals surface area (Å²) in [4.78, 5) is 19.4. The van der Waals surface area contributed by atoms with Gasteiger partial charge in [0, 0.05) is 11.3 Å². The molecule has 0 radical (unpaired) electrons. The van der Waals surface area contributed by atoms with Crippen LogP contribution in [0.5, 0.6) is 5.75 Å². The molecule has 27 heavy (non-hydrogen) atoms. The van der Waals surface area contributed by atoms with E-state index in [2.05, 4.69) is 9.97 Å². The van der Waals surface area contributed by atoms with Gasteiger partial charge in [-0.1, -0.05) is 59.8 Å². The summed E-state index contributed by atoms with van der Waals surface area (Å²) in [7, 11) is 0. The summed E-state index contributed by atoms with van der Waals surface area (Å²) in [5, 5.41) is 9.84. The summed E-state index contributed by atoms with van der Waals surface area (Å²) in [5.41, 5.74) is 1.92. The van der Waals surface area contributed by atoms with E-state index < -0.39 is 5.56 Å². The Kier molecular flexibility index (Phi) is 6.29. The van der Waals surface area contributed by atoms with Crippen LogP contribution in [0.3, 0.4) is 0 Å². The van der Waals surface area contributed by atoms with Gasteiger partial charge in [0.2, 0.25) is 0 Å². The molecular formula is C21H19N3O2S. The molecule has 0 aliphatic heterocycles. The van der Waals surface area contributed by atoms with Crippen LogP contribution in [0.15, 0.2) is 64.5 Å². The highest BCUT2D eigenvalue weighted by Gasteiger charge is 2.13. The number of nitriles is 1. The minimum atomic E-state index is -0.411. The molecule has 1 heterocycles. The molecule has 3 rings (SSSR count). The van der Waals surface area contributed by atoms with Gasteiger partial charge in [0.15, 0.2) is 5.16 Å². The van der Waals surface area contributed by atoms with Crippen LogP contribution in [0.2, 0.25) is 0 Å². The van der Waals surface area contributed by atoms with Gasteiger partial charge in [0.05, 0.1) is 12.3 Å². The second-order valence-electron chi connectivity index (χ2n) is 5.94. The molecule has 0 spiro atoms. The molecule has 6 heteroatoms. The fraction of sp³-hybridized carbons (Fsp3) is 0.190. The molecule has 0 saturated heterocycles. The maximum atomic E-state index is 12.2. The summed E-state index contributed by atoms with van der Waals surface area (Å²) in [6, 6.07) is 19.2. The number of thioether (sulfide) groups is 1. The Hall–Kier alpha value is -3.04. The molecule has 1 aromatic heterocycles. The maximum Gasteiger partial charge on any atom is 0.270 e. The molecule has 0 unspecified atom stereocenters. The lowest BCUT2D eigenvalue weighted by atomic mass is 10.1. The minimum absolute atomic E-state index is 0.0376. The SMILES string of the molecule is Cc1ccc(-c2nc(SCCCOc3ccccc3)[nH]c(=O)c2C#N)cc1. The van der Waals surface area contributed by atoms with Crippen molar-refractivity contribution in [3.05, 3.63) is 76.1 Å². The molecule has 3 aromatic rings. The van der Waals surface area contributed by atoms with Crippen LogP contribution in [0.25, 0.3) is 11.3 Å². The Morgan fingerprint density at radius 1 is 1.15 bits per heavy atom. The van der Waals surface area contributed by atoms with Crippen molar-refractivity contribution in [2.75, 3.05) is 12.4 Å². The lowest BCUT2D eigenvalue weighted by Gasteiger charge is -2.08. The number of rotatable bonds is 7. The Labute approximate surface area is 162 Å². The monoisotopic (exact) mass is 377 g/mol. The second-order valence-corrected chi connectivity index (χ2v) is 7.02. The van der Waals surface area contributed by atoms with E-state index in [1.165, 1.54) is 11.8 Å². The molecule has 0 atom stereocenters. The Morgan fingerprint density at radius 2 is 1.89 bits per heavy atom. The molecule has 0 fully saturated rings. The van der Waals surface area contributed by atoms with Gasteiger partial charge in [-0.2, -0.15) is 5.26 Å². The summed E-state index contributed by atoms with van der Waals surface area (Å²) in [6.45, 7) is 2.57. The number of benzene rings is 2. The molecule has 0 aliphatic rings. The molecule has 2 aromatic carbocycles. The zero-order chi connectivity index (χ0) is 19.1. The lowest BCUT2D eigenvalue weighted by molar-refractivity contribution is 0.318. The van der Waals surface area contributed by atoms with Gasteiger partial charge in [0.1, 0.15) is 17.4 Å². The average Bonchev–Trinajstić information content (AvgIpc) is 2.69. The highest BCUT2D eigenvalue weighted by Crippen LogP contribution is 2.22. The van der Waals surface area contributed by atoms with Crippen molar-refractivity contribution in [1.82, 2.24) is 9.97 Å². The number of nitrogens with zero attached hydrogens (tertiary/aromatic N) is 2. The van der Waals surface area contributed by atoms with Gasteiger partial charge in [-0.25, -0.2) is 4.98 Å². The molecular weight excluding hydrogens is 358 g/mol. The van der Waals surface area contributed by atoms with E-state index >= 15 is 0 Å². The van der Waals surface area contributed by atoms with Crippen molar-refractivity contribution in [1.29, 1.82) is 5.26 Å². The Morgan fingerprint density at radius 3 is 2.59 bits per heavy atom. The largest absolute Gasteiger partial charge is 0.494 e. The Bertz CT molecular complexity index is 993. The van der Waals surface area contributed by atoms with E-state index in [1.54, 1.807) is 0 Å². The maximum absolute atomic E-state index is 12.2. The topological polar surface area (TPSA) is 78.8 Å². The van der Waals surface area contributed by atoms with Gasteiger partial charge >= 0.3 is 0 Å². The van der Waals surface area contributed by atoms with Crippen LogP contribution in [0.1, 0.15) is 17.5 Å². The summed E-state index contributed by atoms with van der Waals surface area (Å²) < 4.78 is 5.66. The number of aromatic amines is 1. The van der Waals surface area contributed by atoms with Crippen LogP contribution in [0.4, 0.5) is 0 Å². The summed E-state index contributed by atoms with van der Waals surface area (Å²) in [5.74, 6) is 1.59. The van der Waals surface area contributed by atoms with Gasteiger partial charge < -0.3 is 9.72 Å². The van der Waals surface area contributed by atoms with Crippen LogP contribution in [0, 0.1) is 18.3 Å². The predicted molar refractivity (Wildman–Crippen MR) is 107 cm³/mol. The normalized spacial score (nSPS) is 10.4. The molecule has 0 bridgehead atoms. The number of nitrogens with one attached hydrogen (secondary N) is 1. The fourth-order valence-electron chi connectivity index (χ4n) is 2.48. The molecule has 0 aliphatic carbocycles. The van der Waals surface area contributed by atoms with Gasteiger partial charge in [0.25, 0.3) is 5.56 Å². The third kappa shape index (κ3) is 4.99. The summed E-state index contributed by atoms with van der Waals surface area (Å²) >= 11 is 1.44. The third-order valence-corrected chi connectivity index (χ3v) is 4.83. The highest BCUT2D eigenvalue weighted by atomic mass is 32.2. The lowest BCUT2D eigenvalue weighted by Crippen LogP contribution is -2.15. The van der Waals surface area contributed by atoms with Gasteiger partial charge in [-0.3, -0.25) is 4.79 Å². The van der Waals surface area contributed by atoms with Crippen molar-refractivity contribution < 1.29 is 4.74 Å². The number of ether oxygens (including phenoxy) is 1. The van der Waals surface area contributed by atoms with E-state index in [4.69, 9.17) is 4.74 Å². The van der Waals surface area contributed by atoms with E-state index in [0.717, 1.165) is 29.1 Å². The van der Waals surface area contributed by atoms with Crippen molar-refractivity contribution in [2.45, 2.75) is 18.5 Å². The van der Waals surface area contributed by atoms with Crippen LogP contribution in [-0.4, -0.2) is 22.3 Å². The van der Waals surface area contributed by atoms with Crippen molar-refractivity contribution in [2.24, 2.45) is 0 Å². The first-order chi connectivity index (χ1) is 13.2. The number of aryl methyl sites for hydroxylation is 1. The van der Waals surface area contributed by atoms with Crippen molar-refractivity contribution in [3.8, 4) is 23.1 Å². The highest BCUT2D eigenvalue weighted by molar-refractivity contribution is 7.99. The van der Waals surface area contributed by atoms with E-state index in [1.807, 2.05) is 67.6 Å². The standard InChI is InChI=1S/C21H19N3O2S/c1-15-8-10-16(11-9-15)19-18(14-22)20(25)24-21(23-19)27-13-5-12-26-17-6-3-2-4-7-17/h2-4,6-11H,5,12-13H2,1H3,(H,23,24,25). The number of para-hydroxylation sites is 1. The smallest absolute Gasteiger partial charge is 0.270 e. The number of hydrogen-bond acceptors (Lipinski definition) is 5. The first-order valence-corrected chi connectivity index (χ1v) is 9.58.